The zero-order chi connectivity index (χ0) is 15.7. The minimum atomic E-state index is -0.986. The predicted molar refractivity (Wildman–Crippen MR) is 86.4 cm³/mol. The number of aromatic carboxylic acids is 1. The number of rotatable bonds is 3. The van der Waals surface area contributed by atoms with Gasteiger partial charge in [-0.05, 0) is 23.1 Å². The van der Waals surface area contributed by atoms with Gasteiger partial charge in [0, 0.05) is 19.0 Å². The summed E-state index contributed by atoms with van der Waals surface area (Å²) in [6, 6.07) is 15.7. The highest BCUT2D eigenvalue weighted by Crippen LogP contribution is 2.43. The molecule has 1 unspecified atom stereocenters. The first-order valence-electron chi connectivity index (χ1n) is 7.47. The molecule has 1 atom stereocenters. The molecule has 0 spiro atoms. The number of aromatic nitrogens is 1. The van der Waals surface area contributed by atoms with Gasteiger partial charge in [-0.3, -0.25) is 0 Å². The smallest absolute Gasteiger partial charge is 0.354 e. The van der Waals surface area contributed by atoms with Crippen LogP contribution in [0, 0.1) is 5.41 Å². The van der Waals surface area contributed by atoms with Crippen LogP contribution in [0.3, 0.4) is 0 Å². The van der Waals surface area contributed by atoms with Gasteiger partial charge in [-0.1, -0.05) is 50.2 Å². The average molecular weight is 296 g/mol. The molecule has 2 aromatic rings. The predicted octanol–water partition coefficient (Wildman–Crippen LogP) is 3.41. The number of carboxylic acids is 1. The number of nitrogens with zero attached hydrogens (tertiary/aromatic N) is 2. The van der Waals surface area contributed by atoms with E-state index in [0.717, 1.165) is 18.9 Å². The highest BCUT2D eigenvalue weighted by molar-refractivity contribution is 5.85. The quantitative estimate of drug-likeness (QED) is 0.943. The Kier molecular flexibility index (Phi) is 3.61. The number of pyridine rings is 1. The van der Waals surface area contributed by atoms with Gasteiger partial charge in [0.15, 0.2) is 5.69 Å². The Balaban J connectivity index is 1.89. The Morgan fingerprint density at radius 1 is 1.18 bits per heavy atom. The van der Waals surface area contributed by atoms with Crippen molar-refractivity contribution in [2.75, 3.05) is 18.0 Å². The summed E-state index contributed by atoms with van der Waals surface area (Å²) in [7, 11) is 0. The van der Waals surface area contributed by atoms with Crippen LogP contribution < -0.4 is 4.90 Å². The van der Waals surface area contributed by atoms with Crippen molar-refractivity contribution < 1.29 is 9.90 Å². The summed E-state index contributed by atoms with van der Waals surface area (Å²) < 4.78 is 0. The fraction of sp³-hybridized carbons (Fsp3) is 0.333. The Hall–Kier alpha value is -2.36. The molecular formula is C18H20N2O2. The van der Waals surface area contributed by atoms with E-state index in [4.69, 9.17) is 5.11 Å². The third-order valence-electron chi connectivity index (χ3n) is 4.42. The van der Waals surface area contributed by atoms with Gasteiger partial charge in [-0.15, -0.1) is 0 Å². The molecule has 1 aromatic carbocycles. The Morgan fingerprint density at radius 2 is 1.91 bits per heavy atom. The standard InChI is InChI=1S/C18H20N2O2/c1-18(2)12-20(11-14(18)13-7-4-3-5-8-13)16-10-6-9-15(19-16)17(21)22/h3-10,14H,11-12H2,1-2H3,(H,21,22). The fourth-order valence-electron chi connectivity index (χ4n) is 3.27. The molecule has 1 aliphatic heterocycles. The Morgan fingerprint density at radius 3 is 2.59 bits per heavy atom. The van der Waals surface area contributed by atoms with Crippen molar-refractivity contribution in [1.82, 2.24) is 4.98 Å². The van der Waals surface area contributed by atoms with E-state index in [-0.39, 0.29) is 11.1 Å². The molecule has 0 amide bonds. The number of benzene rings is 1. The van der Waals surface area contributed by atoms with Crippen LogP contribution in [-0.4, -0.2) is 29.1 Å². The normalized spacial score (nSPS) is 20.1. The molecule has 2 heterocycles. The maximum Gasteiger partial charge on any atom is 0.354 e. The number of carboxylic acid groups (broad SMARTS) is 1. The highest BCUT2D eigenvalue weighted by Gasteiger charge is 2.40. The topological polar surface area (TPSA) is 53.4 Å². The van der Waals surface area contributed by atoms with Gasteiger partial charge in [0.1, 0.15) is 5.82 Å². The van der Waals surface area contributed by atoms with Crippen LogP contribution in [0.4, 0.5) is 5.82 Å². The van der Waals surface area contributed by atoms with Crippen LogP contribution in [0.5, 0.6) is 0 Å². The third kappa shape index (κ3) is 2.69. The molecule has 0 aliphatic carbocycles. The number of carbonyl (C=O) groups is 1. The van der Waals surface area contributed by atoms with E-state index in [2.05, 4.69) is 48.0 Å². The van der Waals surface area contributed by atoms with Gasteiger partial charge < -0.3 is 10.0 Å². The van der Waals surface area contributed by atoms with E-state index >= 15 is 0 Å². The molecular weight excluding hydrogens is 276 g/mol. The molecule has 4 nitrogen and oxygen atoms in total. The zero-order valence-corrected chi connectivity index (χ0v) is 12.9. The Labute approximate surface area is 130 Å². The summed E-state index contributed by atoms with van der Waals surface area (Å²) in [5.74, 6) is 0.162. The molecule has 1 aliphatic rings. The largest absolute Gasteiger partial charge is 0.477 e. The minimum absolute atomic E-state index is 0.0958. The summed E-state index contributed by atoms with van der Waals surface area (Å²) >= 11 is 0. The van der Waals surface area contributed by atoms with Gasteiger partial charge in [0.25, 0.3) is 0 Å². The van der Waals surface area contributed by atoms with Crippen LogP contribution in [0.2, 0.25) is 0 Å². The van der Waals surface area contributed by atoms with Crippen LogP contribution >= 0.6 is 0 Å². The van der Waals surface area contributed by atoms with Crippen LogP contribution in [0.1, 0.15) is 35.8 Å². The minimum Gasteiger partial charge on any atom is -0.477 e. The molecule has 1 N–H and O–H groups in total. The zero-order valence-electron chi connectivity index (χ0n) is 12.9. The lowest BCUT2D eigenvalue weighted by atomic mass is 9.78. The van der Waals surface area contributed by atoms with Crippen LogP contribution in [-0.2, 0) is 0 Å². The van der Waals surface area contributed by atoms with Crippen molar-refractivity contribution in [1.29, 1.82) is 0 Å². The number of anilines is 1. The SMILES string of the molecule is CC1(C)CN(c2cccc(C(=O)O)n2)CC1c1ccccc1. The van der Waals surface area contributed by atoms with Crippen LogP contribution in [0.15, 0.2) is 48.5 Å². The Bertz CT molecular complexity index is 682. The molecule has 3 rings (SSSR count). The summed E-state index contributed by atoms with van der Waals surface area (Å²) in [5.41, 5.74) is 1.53. The van der Waals surface area contributed by atoms with Crippen molar-refractivity contribution in [3.05, 3.63) is 59.8 Å². The first kappa shape index (κ1) is 14.6. The molecule has 1 saturated heterocycles. The first-order valence-corrected chi connectivity index (χ1v) is 7.47. The van der Waals surface area contributed by atoms with E-state index < -0.39 is 5.97 Å². The molecule has 114 valence electrons. The van der Waals surface area contributed by atoms with E-state index in [0.29, 0.717) is 5.92 Å². The molecule has 0 saturated carbocycles. The fourth-order valence-corrected chi connectivity index (χ4v) is 3.27. The second kappa shape index (κ2) is 5.44. The monoisotopic (exact) mass is 296 g/mol. The van der Waals surface area contributed by atoms with Crippen molar-refractivity contribution in [3.63, 3.8) is 0 Å². The number of hydrogen-bond acceptors (Lipinski definition) is 3. The van der Waals surface area contributed by atoms with Crippen molar-refractivity contribution in [2.45, 2.75) is 19.8 Å². The lowest BCUT2D eigenvalue weighted by molar-refractivity contribution is 0.0690. The first-order chi connectivity index (χ1) is 10.5. The van der Waals surface area contributed by atoms with Crippen molar-refractivity contribution >= 4 is 11.8 Å². The van der Waals surface area contributed by atoms with Gasteiger partial charge in [0.2, 0.25) is 0 Å². The lowest BCUT2D eigenvalue weighted by Gasteiger charge is -2.25. The summed E-state index contributed by atoms with van der Waals surface area (Å²) in [6.45, 7) is 6.23. The molecule has 4 heteroatoms. The maximum absolute atomic E-state index is 11.1. The lowest BCUT2D eigenvalue weighted by Crippen LogP contribution is -2.24. The van der Waals surface area contributed by atoms with Gasteiger partial charge >= 0.3 is 5.97 Å². The average Bonchev–Trinajstić information content (AvgIpc) is 2.84. The van der Waals surface area contributed by atoms with Crippen LogP contribution in [0.25, 0.3) is 0 Å². The summed E-state index contributed by atoms with van der Waals surface area (Å²) in [6.07, 6.45) is 0. The molecule has 22 heavy (non-hydrogen) atoms. The molecule has 1 aromatic heterocycles. The third-order valence-corrected chi connectivity index (χ3v) is 4.42. The number of hydrogen-bond donors (Lipinski definition) is 1. The van der Waals surface area contributed by atoms with E-state index in [1.54, 1.807) is 6.07 Å². The van der Waals surface area contributed by atoms with E-state index in [1.165, 1.54) is 11.6 Å². The van der Waals surface area contributed by atoms with Gasteiger partial charge in [-0.2, -0.15) is 0 Å². The van der Waals surface area contributed by atoms with E-state index in [1.807, 2.05) is 12.1 Å². The van der Waals surface area contributed by atoms with E-state index in [9.17, 15) is 4.79 Å². The molecule has 0 bridgehead atoms. The maximum atomic E-state index is 11.1. The molecule has 1 fully saturated rings. The molecule has 0 radical (unpaired) electrons. The second-order valence-electron chi connectivity index (χ2n) is 6.52. The van der Waals surface area contributed by atoms with Gasteiger partial charge in [0.05, 0.1) is 0 Å². The second-order valence-corrected chi connectivity index (χ2v) is 6.52. The summed E-state index contributed by atoms with van der Waals surface area (Å²) in [5, 5.41) is 9.10. The van der Waals surface area contributed by atoms with Gasteiger partial charge in [-0.25, -0.2) is 9.78 Å². The van der Waals surface area contributed by atoms with Crippen molar-refractivity contribution in [2.24, 2.45) is 5.41 Å². The van der Waals surface area contributed by atoms with Crippen molar-refractivity contribution in [3.8, 4) is 0 Å². The highest BCUT2D eigenvalue weighted by atomic mass is 16.4. The summed E-state index contributed by atoms with van der Waals surface area (Å²) in [4.78, 5) is 17.6.